The molecule has 0 atom stereocenters. The zero-order valence-electron chi connectivity index (χ0n) is 7.70. The number of carbonyl (C=O) groups is 1. The van der Waals surface area contributed by atoms with Gasteiger partial charge in [0.2, 0.25) is 0 Å². The van der Waals surface area contributed by atoms with Gasteiger partial charge < -0.3 is 4.74 Å². The summed E-state index contributed by atoms with van der Waals surface area (Å²) in [5.41, 5.74) is -1.11. The zero-order chi connectivity index (χ0) is 11.4. The number of aromatic nitrogens is 1. The predicted molar refractivity (Wildman–Crippen MR) is 45.8 cm³/mol. The van der Waals surface area contributed by atoms with Crippen LogP contribution in [0.25, 0.3) is 0 Å². The van der Waals surface area contributed by atoms with Crippen molar-refractivity contribution in [3.05, 3.63) is 23.0 Å². The second-order valence-electron chi connectivity index (χ2n) is 2.53. The Morgan fingerprint density at radius 1 is 1.67 bits per heavy atom. The van der Waals surface area contributed by atoms with Crippen molar-refractivity contribution in [2.75, 3.05) is 7.11 Å². The van der Waals surface area contributed by atoms with Gasteiger partial charge in [0.05, 0.1) is 12.7 Å². The lowest BCUT2D eigenvalue weighted by atomic mass is 10.1. The number of aldehydes is 1. The normalized spacial score (nSPS) is 9.80. The minimum Gasteiger partial charge on any atom is -0.494 e. The van der Waals surface area contributed by atoms with Crippen LogP contribution in [0.15, 0.2) is 6.20 Å². The van der Waals surface area contributed by atoms with Crippen molar-refractivity contribution < 1.29 is 18.3 Å². The number of alkyl halides is 2. The number of hydrogen-bond donors (Lipinski definition) is 0. The average molecular weight is 212 g/mol. The minimum absolute atomic E-state index is 0.0519. The first-order valence-corrected chi connectivity index (χ1v) is 3.86. The van der Waals surface area contributed by atoms with E-state index in [1.54, 1.807) is 6.07 Å². The van der Waals surface area contributed by atoms with Crippen molar-refractivity contribution in [2.45, 2.75) is 6.43 Å². The summed E-state index contributed by atoms with van der Waals surface area (Å²) in [7, 11) is 1.19. The molecule has 78 valence electrons. The van der Waals surface area contributed by atoms with Crippen LogP contribution in [-0.2, 0) is 0 Å². The van der Waals surface area contributed by atoms with E-state index in [9.17, 15) is 13.6 Å². The van der Waals surface area contributed by atoms with Crippen LogP contribution in [-0.4, -0.2) is 18.4 Å². The summed E-state index contributed by atoms with van der Waals surface area (Å²) in [6, 6.07) is 1.70. The molecule has 15 heavy (non-hydrogen) atoms. The van der Waals surface area contributed by atoms with E-state index in [1.165, 1.54) is 7.11 Å². The molecule has 0 aliphatic heterocycles. The van der Waals surface area contributed by atoms with Gasteiger partial charge in [-0.25, -0.2) is 8.78 Å². The second-order valence-corrected chi connectivity index (χ2v) is 2.53. The Balaban J connectivity index is 3.49. The molecular formula is C9H6F2N2O2. The Morgan fingerprint density at radius 2 is 2.33 bits per heavy atom. The summed E-state index contributed by atoms with van der Waals surface area (Å²) in [5, 5.41) is 8.63. The third-order valence-corrected chi connectivity index (χ3v) is 1.75. The molecule has 0 radical (unpaired) electrons. The molecule has 0 saturated heterocycles. The molecule has 1 rings (SSSR count). The van der Waals surface area contributed by atoms with Crippen molar-refractivity contribution >= 4 is 6.29 Å². The molecule has 0 saturated carbocycles. The summed E-state index contributed by atoms with van der Waals surface area (Å²) in [6.07, 6.45) is -1.73. The van der Waals surface area contributed by atoms with Gasteiger partial charge in [0.15, 0.2) is 12.0 Å². The summed E-state index contributed by atoms with van der Waals surface area (Å²) in [6.45, 7) is 0. The Morgan fingerprint density at radius 3 is 2.73 bits per heavy atom. The third kappa shape index (κ3) is 1.91. The first-order valence-electron chi connectivity index (χ1n) is 3.86. The highest BCUT2D eigenvalue weighted by atomic mass is 19.3. The maximum Gasteiger partial charge on any atom is 0.281 e. The van der Waals surface area contributed by atoms with Gasteiger partial charge in [-0.15, -0.1) is 0 Å². The maximum atomic E-state index is 12.4. The highest BCUT2D eigenvalue weighted by molar-refractivity contribution is 5.82. The number of nitrogens with zero attached hydrogens (tertiary/aromatic N) is 2. The number of methoxy groups -OCH3 is 1. The smallest absolute Gasteiger partial charge is 0.281 e. The quantitative estimate of drug-likeness (QED) is 0.715. The first-order chi connectivity index (χ1) is 7.15. The van der Waals surface area contributed by atoms with Crippen molar-refractivity contribution in [3.8, 4) is 11.8 Å². The molecule has 0 aromatic carbocycles. The van der Waals surface area contributed by atoms with Crippen molar-refractivity contribution in [3.63, 3.8) is 0 Å². The van der Waals surface area contributed by atoms with Crippen molar-refractivity contribution in [1.29, 1.82) is 5.26 Å². The molecule has 0 fully saturated rings. The molecule has 0 aliphatic carbocycles. The SMILES string of the molecule is COc1c(C#N)cnc(C(F)F)c1C=O. The summed E-state index contributed by atoms with van der Waals surface area (Å²) < 4.78 is 29.5. The fourth-order valence-electron chi connectivity index (χ4n) is 1.11. The van der Waals surface area contributed by atoms with Crippen LogP contribution in [0, 0.1) is 11.3 Å². The van der Waals surface area contributed by atoms with Crippen LogP contribution in [0.3, 0.4) is 0 Å². The molecule has 0 aliphatic rings. The Kier molecular flexibility index (Phi) is 3.29. The molecule has 0 bridgehead atoms. The first kappa shape index (κ1) is 11.0. The van der Waals surface area contributed by atoms with Gasteiger partial charge in [-0.05, 0) is 0 Å². The molecule has 1 aromatic heterocycles. The van der Waals surface area contributed by atoms with Gasteiger partial charge in [-0.3, -0.25) is 9.78 Å². The van der Waals surface area contributed by atoms with E-state index in [-0.39, 0.29) is 23.2 Å². The van der Waals surface area contributed by atoms with Gasteiger partial charge in [-0.1, -0.05) is 0 Å². The van der Waals surface area contributed by atoms with Gasteiger partial charge in [0.1, 0.15) is 17.3 Å². The molecule has 0 unspecified atom stereocenters. The lowest BCUT2D eigenvalue weighted by Gasteiger charge is -2.08. The van der Waals surface area contributed by atoms with E-state index < -0.39 is 12.1 Å². The summed E-state index contributed by atoms with van der Waals surface area (Å²) in [4.78, 5) is 14.0. The number of nitriles is 1. The monoisotopic (exact) mass is 212 g/mol. The molecule has 4 nitrogen and oxygen atoms in total. The molecule has 0 spiro atoms. The van der Waals surface area contributed by atoms with Gasteiger partial charge in [0, 0.05) is 6.20 Å². The van der Waals surface area contributed by atoms with E-state index in [1.807, 2.05) is 0 Å². The van der Waals surface area contributed by atoms with Crippen LogP contribution in [0.5, 0.6) is 5.75 Å². The third-order valence-electron chi connectivity index (χ3n) is 1.75. The summed E-state index contributed by atoms with van der Waals surface area (Å²) in [5.74, 6) is -0.169. The van der Waals surface area contributed by atoms with Crippen molar-refractivity contribution in [1.82, 2.24) is 4.98 Å². The number of rotatable bonds is 3. The van der Waals surface area contributed by atoms with E-state index in [2.05, 4.69) is 4.98 Å². The van der Waals surface area contributed by atoms with E-state index in [4.69, 9.17) is 10.00 Å². The molecule has 1 heterocycles. The minimum atomic E-state index is -2.88. The van der Waals surface area contributed by atoms with Gasteiger partial charge in [0.25, 0.3) is 6.43 Å². The fourth-order valence-corrected chi connectivity index (χ4v) is 1.11. The Bertz CT molecular complexity index is 427. The largest absolute Gasteiger partial charge is 0.494 e. The number of halogens is 2. The van der Waals surface area contributed by atoms with E-state index >= 15 is 0 Å². The molecule has 0 N–H and O–H groups in total. The Hall–Kier alpha value is -2.03. The standard InChI is InChI=1S/C9H6F2N2O2/c1-15-8-5(2-12)3-13-7(9(10)11)6(8)4-14/h3-4,9H,1H3. The predicted octanol–water partition coefficient (Wildman–Crippen LogP) is 1.71. The highest BCUT2D eigenvalue weighted by Crippen LogP contribution is 2.29. The number of carbonyl (C=O) groups excluding carboxylic acids is 1. The second kappa shape index (κ2) is 4.46. The van der Waals surface area contributed by atoms with Crippen LogP contribution >= 0.6 is 0 Å². The zero-order valence-corrected chi connectivity index (χ0v) is 7.70. The van der Waals surface area contributed by atoms with Gasteiger partial charge >= 0.3 is 0 Å². The molecule has 1 aromatic rings. The van der Waals surface area contributed by atoms with Crippen LogP contribution in [0.2, 0.25) is 0 Å². The Labute approximate surface area is 84.1 Å². The number of ether oxygens (including phenoxy) is 1. The lowest BCUT2D eigenvalue weighted by molar-refractivity contribution is 0.109. The van der Waals surface area contributed by atoms with Crippen LogP contribution < -0.4 is 4.74 Å². The van der Waals surface area contributed by atoms with Gasteiger partial charge in [-0.2, -0.15) is 5.26 Å². The summed E-state index contributed by atoms with van der Waals surface area (Å²) >= 11 is 0. The molecular weight excluding hydrogens is 206 g/mol. The highest BCUT2D eigenvalue weighted by Gasteiger charge is 2.21. The van der Waals surface area contributed by atoms with E-state index in [0.29, 0.717) is 0 Å². The van der Waals surface area contributed by atoms with E-state index in [0.717, 1.165) is 6.20 Å². The fraction of sp³-hybridized carbons (Fsp3) is 0.222. The van der Waals surface area contributed by atoms with Crippen molar-refractivity contribution in [2.24, 2.45) is 0 Å². The number of pyridine rings is 1. The van der Waals surface area contributed by atoms with Crippen LogP contribution in [0.4, 0.5) is 8.78 Å². The molecule has 0 amide bonds. The maximum absolute atomic E-state index is 12.4. The molecule has 6 heteroatoms. The topological polar surface area (TPSA) is 63.0 Å². The number of hydrogen-bond acceptors (Lipinski definition) is 4. The lowest BCUT2D eigenvalue weighted by Crippen LogP contribution is -2.03. The average Bonchev–Trinajstić information content (AvgIpc) is 2.26. The van der Waals surface area contributed by atoms with Crippen LogP contribution in [0.1, 0.15) is 28.0 Å².